The average molecular weight is 284 g/mol. The average Bonchev–Trinajstić information content (AvgIpc) is 2.44. The molecule has 0 aliphatic carbocycles. The van der Waals surface area contributed by atoms with E-state index in [1.54, 1.807) is 12.1 Å². The van der Waals surface area contributed by atoms with Gasteiger partial charge >= 0.3 is 0 Å². The molecule has 0 aliphatic rings. The zero-order valence-corrected chi connectivity index (χ0v) is 12.6. The number of carbonyl (C=O) groups is 1. The first-order chi connectivity index (χ1) is 9.97. The Hall–Kier alpha value is -2.49. The van der Waals surface area contributed by atoms with Crippen LogP contribution in [0.25, 0.3) is 0 Å². The number of nitrogens with one attached hydrogen (secondary N) is 1. The predicted octanol–water partition coefficient (Wildman–Crippen LogP) is 3.21. The molecule has 0 atom stereocenters. The Morgan fingerprint density at radius 2 is 1.90 bits per heavy atom. The van der Waals surface area contributed by atoms with Gasteiger partial charge in [-0.15, -0.1) is 0 Å². The van der Waals surface area contributed by atoms with Gasteiger partial charge in [0, 0.05) is 11.4 Å². The van der Waals surface area contributed by atoms with Crippen LogP contribution in [-0.4, -0.2) is 12.5 Å². The summed E-state index contributed by atoms with van der Waals surface area (Å²) in [6.45, 7) is 5.88. The molecule has 1 amide bonds. The van der Waals surface area contributed by atoms with Crippen LogP contribution in [0.2, 0.25) is 0 Å². The third kappa shape index (κ3) is 3.75. The van der Waals surface area contributed by atoms with Gasteiger partial charge in [0.05, 0.1) is 0 Å². The number of carbonyl (C=O) groups excluding carboxylic acids is 1. The molecule has 4 nitrogen and oxygen atoms in total. The molecule has 3 N–H and O–H groups in total. The van der Waals surface area contributed by atoms with E-state index in [9.17, 15) is 4.79 Å². The number of aryl methyl sites for hydroxylation is 2. The van der Waals surface area contributed by atoms with Crippen molar-refractivity contribution in [1.29, 1.82) is 0 Å². The topological polar surface area (TPSA) is 64.3 Å². The maximum atomic E-state index is 12.0. The fourth-order valence-electron chi connectivity index (χ4n) is 1.98. The van der Waals surface area contributed by atoms with Crippen molar-refractivity contribution in [3.05, 3.63) is 53.1 Å². The largest absolute Gasteiger partial charge is 0.483 e. The minimum absolute atomic E-state index is 0.0292. The SMILES string of the molecule is Cc1ccc(N)cc1NC(=O)COc1cccc(C)c1C. The van der Waals surface area contributed by atoms with Crippen molar-refractivity contribution < 1.29 is 9.53 Å². The Labute approximate surface area is 124 Å². The highest BCUT2D eigenvalue weighted by molar-refractivity contribution is 5.93. The highest BCUT2D eigenvalue weighted by atomic mass is 16.5. The first kappa shape index (κ1) is 14.9. The minimum Gasteiger partial charge on any atom is -0.483 e. The maximum absolute atomic E-state index is 12.0. The van der Waals surface area contributed by atoms with E-state index in [0.29, 0.717) is 11.4 Å². The Balaban J connectivity index is 1.99. The van der Waals surface area contributed by atoms with Crippen LogP contribution >= 0.6 is 0 Å². The second-order valence-electron chi connectivity index (χ2n) is 5.11. The van der Waals surface area contributed by atoms with E-state index in [4.69, 9.17) is 10.5 Å². The lowest BCUT2D eigenvalue weighted by Crippen LogP contribution is -2.21. The summed E-state index contributed by atoms with van der Waals surface area (Å²) in [6.07, 6.45) is 0. The standard InChI is InChI=1S/C17H20N2O2/c1-11-5-4-6-16(13(11)3)21-10-17(20)19-15-9-14(18)8-7-12(15)2/h4-9H,10,18H2,1-3H3,(H,19,20). The van der Waals surface area contributed by atoms with Gasteiger partial charge in [0.15, 0.2) is 6.61 Å². The van der Waals surface area contributed by atoms with Gasteiger partial charge in [-0.25, -0.2) is 0 Å². The van der Waals surface area contributed by atoms with Gasteiger partial charge in [0.1, 0.15) is 5.75 Å². The van der Waals surface area contributed by atoms with E-state index in [-0.39, 0.29) is 12.5 Å². The molecule has 2 rings (SSSR count). The number of nitrogens with two attached hydrogens (primary N) is 1. The number of rotatable bonds is 4. The maximum Gasteiger partial charge on any atom is 0.262 e. The van der Waals surface area contributed by atoms with Crippen LogP contribution < -0.4 is 15.8 Å². The molecule has 0 aromatic heterocycles. The summed E-state index contributed by atoms with van der Waals surface area (Å²) in [5.41, 5.74) is 10.2. The first-order valence-corrected chi connectivity index (χ1v) is 6.82. The predicted molar refractivity (Wildman–Crippen MR) is 85.6 cm³/mol. The highest BCUT2D eigenvalue weighted by Gasteiger charge is 2.08. The lowest BCUT2D eigenvalue weighted by atomic mass is 10.1. The van der Waals surface area contributed by atoms with Gasteiger partial charge in [-0.1, -0.05) is 18.2 Å². The highest BCUT2D eigenvalue weighted by Crippen LogP contribution is 2.21. The Kier molecular flexibility index (Phi) is 4.48. The molecule has 21 heavy (non-hydrogen) atoms. The number of amides is 1. The van der Waals surface area contributed by atoms with Gasteiger partial charge < -0.3 is 15.8 Å². The summed E-state index contributed by atoms with van der Waals surface area (Å²) in [7, 11) is 0. The molecular weight excluding hydrogens is 264 g/mol. The first-order valence-electron chi connectivity index (χ1n) is 6.82. The van der Waals surface area contributed by atoms with Crippen LogP contribution in [0, 0.1) is 20.8 Å². The molecule has 2 aromatic carbocycles. The lowest BCUT2D eigenvalue weighted by Gasteiger charge is -2.12. The quantitative estimate of drug-likeness (QED) is 0.847. The molecule has 110 valence electrons. The van der Waals surface area contributed by atoms with E-state index >= 15 is 0 Å². The van der Waals surface area contributed by atoms with Crippen molar-refractivity contribution >= 4 is 17.3 Å². The number of anilines is 2. The molecule has 2 aromatic rings. The second kappa shape index (κ2) is 6.31. The van der Waals surface area contributed by atoms with Gasteiger partial charge in [-0.2, -0.15) is 0 Å². The van der Waals surface area contributed by atoms with E-state index in [0.717, 1.165) is 22.4 Å². The number of ether oxygens (including phenoxy) is 1. The summed E-state index contributed by atoms with van der Waals surface area (Å²) < 4.78 is 5.58. The fourth-order valence-corrected chi connectivity index (χ4v) is 1.98. The number of benzene rings is 2. The molecule has 0 radical (unpaired) electrons. The summed E-state index contributed by atoms with van der Waals surface area (Å²) in [5.74, 6) is 0.527. The minimum atomic E-state index is -0.204. The summed E-state index contributed by atoms with van der Waals surface area (Å²) in [4.78, 5) is 12.0. The van der Waals surface area contributed by atoms with Crippen LogP contribution in [0.3, 0.4) is 0 Å². The Bertz CT molecular complexity index is 666. The molecule has 0 spiro atoms. The number of nitrogen functional groups attached to an aromatic ring is 1. The van der Waals surface area contributed by atoms with Crippen LogP contribution in [0.15, 0.2) is 36.4 Å². The molecule has 0 unspecified atom stereocenters. The molecular formula is C17H20N2O2. The molecule has 4 heteroatoms. The van der Waals surface area contributed by atoms with E-state index in [1.807, 2.05) is 45.0 Å². The van der Waals surface area contributed by atoms with Crippen LogP contribution in [-0.2, 0) is 4.79 Å². The smallest absolute Gasteiger partial charge is 0.262 e. The zero-order chi connectivity index (χ0) is 15.4. The molecule has 0 fully saturated rings. The van der Waals surface area contributed by atoms with E-state index in [1.165, 1.54) is 0 Å². The summed E-state index contributed by atoms with van der Waals surface area (Å²) >= 11 is 0. The molecule has 0 saturated heterocycles. The van der Waals surface area contributed by atoms with Crippen molar-refractivity contribution in [3.63, 3.8) is 0 Å². The molecule has 0 heterocycles. The normalized spacial score (nSPS) is 10.2. The summed E-state index contributed by atoms with van der Waals surface area (Å²) in [6, 6.07) is 11.2. The number of hydrogen-bond acceptors (Lipinski definition) is 3. The van der Waals surface area contributed by atoms with Crippen LogP contribution in [0.5, 0.6) is 5.75 Å². The lowest BCUT2D eigenvalue weighted by molar-refractivity contribution is -0.118. The number of hydrogen-bond donors (Lipinski definition) is 2. The fraction of sp³-hybridized carbons (Fsp3) is 0.235. The van der Waals surface area contributed by atoms with Gasteiger partial charge in [0.2, 0.25) is 0 Å². The molecule has 0 bridgehead atoms. The zero-order valence-electron chi connectivity index (χ0n) is 12.6. The molecule has 0 aliphatic heterocycles. The Morgan fingerprint density at radius 1 is 1.14 bits per heavy atom. The van der Waals surface area contributed by atoms with Gasteiger partial charge in [-0.3, -0.25) is 4.79 Å². The van der Waals surface area contributed by atoms with E-state index in [2.05, 4.69) is 5.32 Å². The van der Waals surface area contributed by atoms with Crippen molar-refractivity contribution in [2.24, 2.45) is 0 Å². The van der Waals surface area contributed by atoms with Crippen LogP contribution in [0.1, 0.15) is 16.7 Å². The van der Waals surface area contributed by atoms with Crippen molar-refractivity contribution in [3.8, 4) is 5.75 Å². The van der Waals surface area contributed by atoms with Crippen LogP contribution in [0.4, 0.5) is 11.4 Å². The van der Waals surface area contributed by atoms with Crippen molar-refractivity contribution in [2.45, 2.75) is 20.8 Å². The monoisotopic (exact) mass is 284 g/mol. The third-order valence-electron chi connectivity index (χ3n) is 3.45. The van der Waals surface area contributed by atoms with Crippen molar-refractivity contribution in [1.82, 2.24) is 0 Å². The van der Waals surface area contributed by atoms with Gasteiger partial charge in [-0.05, 0) is 55.7 Å². The Morgan fingerprint density at radius 3 is 2.67 bits per heavy atom. The third-order valence-corrected chi connectivity index (χ3v) is 3.45. The van der Waals surface area contributed by atoms with E-state index < -0.39 is 0 Å². The van der Waals surface area contributed by atoms with Crippen molar-refractivity contribution in [2.75, 3.05) is 17.7 Å². The molecule has 0 saturated carbocycles. The second-order valence-corrected chi connectivity index (χ2v) is 5.11. The van der Waals surface area contributed by atoms with Gasteiger partial charge in [0.25, 0.3) is 5.91 Å². The summed E-state index contributed by atoms with van der Waals surface area (Å²) in [5, 5.41) is 2.81.